The number of nitrogens with one attached hydrogen (secondary N) is 3. The first-order chi connectivity index (χ1) is 12.0. The molecule has 0 radical (unpaired) electrons. The minimum atomic E-state index is -0.655. The van der Waals surface area contributed by atoms with Crippen molar-refractivity contribution < 1.29 is 18.8 Å². The maximum absolute atomic E-state index is 12.0. The van der Waals surface area contributed by atoms with Crippen molar-refractivity contribution in [3.63, 3.8) is 0 Å². The minimum Gasteiger partial charge on any atom is -0.472 e. The van der Waals surface area contributed by atoms with E-state index in [1.807, 2.05) is 12.1 Å². The second-order valence-corrected chi connectivity index (χ2v) is 5.52. The van der Waals surface area contributed by atoms with Gasteiger partial charge in [-0.25, -0.2) is 0 Å². The van der Waals surface area contributed by atoms with Gasteiger partial charge in [-0.15, -0.1) is 0 Å². The molecule has 0 fully saturated rings. The number of furan rings is 1. The summed E-state index contributed by atoms with van der Waals surface area (Å²) in [4.78, 5) is 35.3. The Morgan fingerprint density at radius 3 is 2.36 bits per heavy atom. The normalized spacial score (nSPS) is 11.4. The lowest BCUT2D eigenvalue weighted by atomic mass is 10.1. The highest BCUT2D eigenvalue weighted by Crippen LogP contribution is 2.05. The van der Waals surface area contributed by atoms with Crippen LogP contribution < -0.4 is 16.0 Å². The van der Waals surface area contributed by atoms with Crippen molar-refractivity contribution in [3.05, 3.63) is 59.5 Å². The Morgan fingerprint density at radius 2 is 1.76 bits per heavy atom. The van der Waals surface area contributed by atoms with Gasteiger partial charge in [0.15, 0.2) is 0 Å². The molecule has 1 atom stereocenters. The summed E-state index contributed by atoms with van der Waals surface area (Å²) in [7, 11) is 1.58. The number of hydrogen-bond donors (Lipinski definition) is 3. The summed E-state index contributed by atoms with van der Waals surface area (Å²) in [5.74, 6) is -0.762. The lowest BCUT2D eigenvalue weighted by molar-refractivity contribution is -0.122. The van der Waals surface area contributed by atoms with Crippen LogP contribution in [0.4, 0.5) is 0 Å². The van der Waals surface area contributed by atoms with Gasteiger partial charge in [-0.1, -0.05) is 12.1 Å². The molecule has 25 heavy (non-hydrogen) atoms. The highest BCUT2D eigenvalue weighted by Gasteiger charge is 2.16. The Kier molecular flexibility index (Phi) is 6.33. The first kappa shape index (κ1) is 18.3. The summed E-state index contributed by atoms with van der Waals surface area (Å²) < 4.78 is 4.84. The third-order valence-electron chi connectivity index (χ3n) is 3.68. The van der Waals surface area contributed by atoms with Gasteiger partial charge in [0.25, 0.3) is 11.8 Å². The predicted octanol–water partition coefficient (Wildman–Crippen LogP) is 1.12. The standard InChI is InChI=1S/C18H21N3O4/c1-12(21-18(24)15-8-10-25-11-15)16(22)20-9-7-13-3-5-14(6-4-13)17(23)19-2/h3-6,8,10-12H,7,9H2,1-2H3,(H,19,23)(H,20,22)(H,21,24). The molecule has 0 aliphatic heterocycles. The van der Waals surface area contributed by atoms with Crippen LogP contribution in [-0.2, 0) is 11.2 Å². The number of hydrogen-bond acceptors (Lipinski definition) is 4. The van der Waals surface area contributed by atoms with E-state index in [0.29, 0.717) is 24.1 Å². The molecule has 0 aliphatic carbocycles. The maximum Gasteiger partial charge on any atom is 0.255 e. The van der Waals surface area contributed by atoms with Crippen molar-refractivity contribution in [1.82, 2.24) is 16.0 Å². The van der Waals surface area contributed by atoms with Gasteiger partial charge in [-0.2, -0.15) is 0 Å². The fourth-order valence-electron chi connectivity index (χ4n) is 2.19. The lowest BCUT2D eigenvalue weighted by Crippen LogP contribution is -2.45. The largest absolute Gasteiger partial charge is 0.472 e. The van der Waals surface area contributed by atoms with Gasteiger partial charge in [-0.05, 0) is 37.1 Å². The van der Waals surface area contributed by atoms with Crippen LogP contribution in [0.5, 0.6) is 0 Å². The molecule has 132 valence electrons. The van der Waals surface area contributed by atoms with Crippen LogP contribution in [0.1, 0.15) is 33.2 Å². The number of benzene rings is 1. The molecule has 0 saturated heterocycles. The average Bonchev–Trinajstić information content (AvgIpc) is 3.16. The van der Waals surface area contributed by atoms with Crippen LogP contribution in [-0.4, -0.2) is 37.4 Å². The Morgan fingerprint density at radius 1 is 1.04 bits per heavy atom. The molecule has 7 heteroatoms. The number of carbonyl (C=O) groups is 3. The first-order valence-corrected chi connectivity index (χ1v) is 7.93. The first-order valence-electron chi connectivity index (χ1n) is 7.93. The van der Waals surface area contributed by atoms with Crippen LogP contribution in [0.15, 0.2) is 47.3 Å². The van der Waals surface area contributed by atoms with Gasteiger partial charge in [0, 0.05) is 19.2 Å². The smallest absolute Gasteiger partial charge is 0.255 e. The van der Waals surface area contributed by atoms with Gasteiger partial charge in [0.2, 0.25) is 5.91 Å². The Balaban J connectivity index is 1.76. The molecule has 7 nitrogen and oxygen atoms in total. The van der Waals surface area contributed by atoms with E-state index in [9.17, 15) is 14.4 Å². The molecule has 1 unspecified atom stereocenters. The molecule has 2 aromatic rings. The van der Waals surface area contributed by atoms with E-state index in [-0.39, 0.29) is 17.7 Å². The molecule has 0 aliphatic rings. The van der Waals surface area contributed by atoms with Crippen LogP contribution in [0, 0.1) is 0 Å². The van der Waals surface area contributed by atoms with Crippen molar-refractivity contribution in [3.8, 4) is 0 Å². The third kappa shape index (κ3) is 5.20. The van der Waals surface area contributed by atoms with Gasteiger partial charge >= 0.3 is 0 Å². The van der Waals surface area contributed by atoms with Gasteiger partial charge < -0.3 is 20.4 Å². The zero-order chi connectivity index (χ0) is 18.2. The summed E-state index contributed by atoms with van der Waals surface area (Å²) >= 11 is 0. The molecule has 0 bridgehead atoms. The van der Waals surface area contributed by atoms with Crippen LogP contribution in [0.2, 0.25) is 0 Å². The maximum atomic E-state index is 12.0. The topological polar surface area (TPSA) is 100 Å². The molecule has 1 aromatic carbocycles. The van der Waals surface area contributed by atoms with Crippen LogP contribution in [0.25, 0.3) is 0 Å². The Hall–Kier alpha value is -3.09. The number of carbonyl (C=O) groups excluding carboxylic acids is 3. The summed E-state index contributed by atoms with van der Waals surface area (Å²) in [6.07, 6.45) is 3.35. The number of rotatable bonds is 7. The second-order valence-electron chi connectivity index (χ2n) is 5.52. The van der Waals surface area contributed by atoms with Crippen molar-refractivity contribution in [2.75, 3.05) is 13.6 Å². The SMILES string of the molecule is CNC(=O)c1ccc(CCNC(=O)C(C)NC(=O)c2ccoc2)cc1. The minimum absolute atomic E-state index is 0.137. The van der Waals surface area contributed by atoms with E-state index < -0.39 is 6.04 Å². The van der Waals surface area contributed by atoms with Crippen molar-refractivity contribution in [2.45, 2.75) is 19.4 Å². The molecule has 3 amide bonds. The van der Waals surface area contributed by atoms with E-state index in [0.717, 1.165) is 5.56 Å². The highest BCUT2D eigenvalue weighted by molar-refractivity contribution is 5.97. The molecule has 3 N–H and O–H groups in total. The van der Waals surface area contributed by atoms with E-state index in [2.05, 4.69) is 16.0 Å². The molecule has 0 spiro atoms. The molecule has 2 rings (SSSR count). The summed E-state index contributed by atoms with van der Waals surface area (Å²) in [6, 6.07) is 8.05. The summed E-state index contributed by atoms with van der Waals surface area (Å²) in [5.41, 5.74) is 1.96. The van der Waals surface area contributed by atoms with Crippen LogP contribution in [0.3, 0.4) is 0 Å². The second kappa shape index (κ2) is 8.68. The van der Waals surface area contributed by atoms with Gasteiger partial charge in [0.1, 0.15) is 12.3 Å². The third-order valence-corrected chi connectivity index (χ3v) is 3.68. The Labute approximate surface area is 145 Å². The highest BCUT2D eigenvalue weighted by atomic mass is 16.3. The summed E-state index contributed by atoms with van der Waals surface area (Å²) in [6.45, 7) is 2.05. The van der Waals surface area contributed by atoms with Crippen molar-refractivity contribution >= 4 is 17.7 Å². The molecular formula is C18H21N3O4. The predicted molar refractivity (Wildman–Crippen MR) is 92.2 cm³/mol. The molecule has 1 aromatic heterocycles. The van der Waals surface area contributed by atoms with E-state index >= 15 is 0 Å². The van der Waals surface area contributed by atoms with Gasteiger partial charge in [0.05, 0.1) is 11.8 Å². The zero-order valence-corrected chi connectivity index (χ0v) is 14.2. The molecule has 1 heterocycles. The molecular weight excluding hydrogens is 322 g/mol. The van der Waals surface area contributed by atoms with E-state index in [1.54, 1.807) is 26.1 Å². The van der Waals surface area contributed by atoms with Gasteiger partial charge in [-0.3, -0.25) is 14.4 Å². The average molecular weight is 343 g/mol. The van der Waals surface area contributed by atoms with E-state index in [4.69, 9.17) is 4.42 Å². The Bertz CT molecular complexity index is 723. The lowest BCUT2D eigenvalue weighted by Gasteiger charge is -2.13. The van der Waals surface area contributed by atoms with Crippen molar-refractivity contribution in [1.29, 1.82) is 0 Å². The van der Waals surface area contributed by atoms with E-state index in [1.165, 1.54) is 18.6 Å². The van der Waals surface area contributed by atoms with Crippen molar-refractivity contribution in [2.24, 2.45) is 0 Å². The van der Waals surface area contributed by atoms with Crippen LogP contribution >= 0.6 is 0 Å². The monoisotopic (exact) mass is 343 g/mol. The fraction of sp³-hybridized carbons (Fsp3) is 0.278. The quantitative estimate of drug-likeness (QED) is 0.701. The number of amides is 3. The zero-order valence-electron chi connectivity index (χ0n) is 14.2. The fourth-order valence-corrected chi connectivity index (χ4v) is 2.19. The molecule has 0 saturated carbocycles. The summed E-state index contributed by atoms with van der Waals surface area (Å²) in [5, 5.41) is 7.94.